The minimum absolute atomic E-state index is 0.115. The number of hydrogen-bond acceptors (Lipinski definition) is 3. The van der Waals surface area contributed by atoms with E-state index in [1.807, 2.05) is 36.4 Å². The topological polar surface area (TPSA) is 43.4 Å². The number of benzene rings is 2. The molecule has 0 aliphatic carbocycles. The van der Waals surface area contributed by atoms with Crippen LogP contribution < -0.4 is 4.74 Å². The van der Waals surface area contributed by atoms with E-state index in [9.17, 15) is 9.59 Å². The van der Waals surface area contributed by atoms with Gasteiger partial charge < -0.3 is 4.74 Å². The van der Waals surface area contributed by atoms with E-state index in [0.717, 1.165) is 18.6 Å². The van der Waals surface area contributed by atoms with Crippen LogP contribution in [0.25, 0.3) is 0 Å². The maximum atomic E-state index is 12.5. The second-order valence-electron chi connectivity index (χ2n) is 7.97. The average Bonchev–Trinajstić information content (AvgIpc) is 2.73. The number of rotatable bonds is 12. The minimum atomic E-state index is -0.163. The minimum Gasteiger partial charge on any atom is -0.490 e. The Morgan fingerprint density at radius 2 is 1.38 bits per heavy atom. The van der Waals surface area contributed by atoms with Gasteiger partial charge in [0.05, 0.1) is 12.5 Å². The van der Waals surface area contributed by atoms with Crippen molar-refractivity contribution in [1.29, 1.82) is 0 Å². The van der Waals surface area contributed by atoms with Gasteiger partial charge >= 0.3 is 0 Å². The fourth-order valence-electron chi connectivity index (χ4n) is 3.28. The van der Waals surface area contributed by atoms with E-state index in [4.69, 9.17) is 4.74 Å². The van der Waals surface area contributed by atoms with Crippen LogP contribution in [-0.4, -0.2) is 17.7 Å². The number of hydrogen-bond donors (Lipinski definition) is 0. The lowest BCUT2D eigenvalue weighted by atomic mass is 9.98. The maximum absolute atomic E-state index is 12.5. The summed E-state index contributed by atoms with van der Waals surface area (Å²) in [5.41, 5.74) is 2.31. The van der Waals surface area contributed by atoms with Crippen LogP contribution in [0.15, 0.2) is 48.5 Å². The van der Waals surface area contributed by atoms with Crippen LogP contribution in [-0.2, 0) is 0 Å². The third kappa shape index (κ3) is 7.16. The molecule has 3 heteroatoms. The summed E-state index contributed by atoms with van der Waals surface area (Å²) in [6.07, 6.45) is 5.71. The number of ether oxygens (including phenoxy) is 1. The second kappa shape index (κ2) is 11.5. The van der Waals surface area contributed by atoms with Crippen LogP contribution in [0, 0.1) is 0 Å². The zero-order valence-electron chi connectivity index (χ0n) is 18.2. The molecular formula is C26H34O3. The number of carbonyl (C=O) groups excluding carboxylic acids is 2. The molecule has 0 heterocycles. The van der Waals surface area contributed by atoms with E-state index in [1.54, 1.807) is 12.1 Å². The zero-order valence-corrected chi connectivity index (χ0v) is 18.2. The molecule has 2 aromatic carbocycles. The van der Waals surface area contributed by atoms with Gasteiger partial charge in [0.15, 0.2) is 11.6 Å². The summed E-state index contributed by atoms with van der Waals surface area (Å²) in [6.45, 7) is 8.56. The molecule has 0 aromatic heterocycles. The summed E-state index contributed by atoms with van der Waals surface area (Å²) < 4.78 is 6.05. The Morgan fingerprint density at radius 1 is 0.828 bits per heavy atom. The lowest BCUT2D eigenvalue weighted by molar-refractivity contribution is 0.0894. The first-order valence-corrected chi connectivity index (χ1v) is 10.9. The van der Waals surface area contributed by atoms with Crippen molar-refractivity contribution < 1.29 is 14.3 Å². The third-order valence-corrected chi connectivity index (χ3v) is 5.28. The first kappa shape index (κ1) is 22.9. The van der Waals surface area contributed by atoms with Crippen molar-refractivity contribution in [2.24, 2.45) is 0 Å². The van der Waals surface area contributed by atoms with E-state index in [1.165, 1.54) is 24.8 Å². The van der Waals surface area contributed by atoms with Crippen molar-refractivity contribution in [3.63, 3.8) is 0 Å². The van der Waals surface area contributed by atoms with Gasteiger partial charge in [-0.1, -0.05) is 64.8 Å². The Balaban J connectivity index is 1.93. The quantitative estimate of drug-likeness (QED) is 0.221. The Morgan fingerprint density at radius 3 is 1.86 bits per heavy atom. The van der Waals surface area contributed by atoms with Crippen LogP contribution in [0.4, 0.5) is 0 Å². The Hall–Kier alpha value is -2.42. The fourth-order valence-corrected chi connectivity index (χ4v) is 3.28. The van der Waals surface area contributed by atoms with Gasteiger partial charge in [0, 0.05) is 11.1 Å². The second-order valence-corrected chi connectivity index (χ2v) is 7.97. The summed E-state index contributed by atoms with van der Waals surface area (Å²) in [4.78, 5) is 24.9. The molecule has 0 amide bonds. The van der Waals surface area contributed by atoms with Gasteiger partial charge in [-0.15, -0.1) is 0 Å². The number of carbonyl (C=O) groups is 2. The van der Waals surface area contributed by atoms with Crippen molar-refractivity contribution in [3.05, 3.63) is 65.2 Å². The molecule has 0 fully saturated rings. The van der Waals surface area contributed by atoms with Gasteiger partial charge in [-0.25, -0.2) is 0 Å². The standard InChI is InChI=1S/C26H34O3/c1-5-7-8-9-23(6-2)29-24-16-14-22(15-17-24)26(28)18-25(27)21-12-10-20(11-13-21)19(3)4/h10-17,19,23H,5-9,18H2,1-4H3. The zero-order chi connectivity index (χ0) is 21.2. The monoisotopic (exact) mass is 394 g/mol. The van der Waals surface area contributed by atoms with Crippen molar-refractivity contribution in [3.8, 4) is 5.75 Å². The molecule has 3 nitrogen and oxygen atoms in total. The SMILES string of the molecule is CCCCCC(CC)Oc1ccc(C(=O)CC(=O)c2ccc(C(C)C)cc2)cc1. The largest absolute Gasteiger partial charge is 0.490 e. The Kier molecular flexibility index (Phi) is 9.11. The average molecular weight is 395 g/mol. The molecule has 29 heavy (non-hydrogen) atoms. The highest BCUT2D eigenvalue weighted by Crippen LogP contribution is 2.20. The lowest BCUT2D eigenvalue weighted by Gasteiger charge is -2.17. The number of unbranched alkanes of at least 4 members (excludes halogenated alkanes) is 2. The predicted molar refractivity (Wildman–Crippen MR) is 119 cm³/mol. The number of ketones is 2. The van der Waals surface area contributed by atoms with Crippen LogP contribution in [0.1, 0.15) is 98.4 Å². The fraction of sp³-hybridized carbons (Fsp3) is 0.462. The first-order valence-electron chi connectivity index (χ1n) is 10.9. The van der Waals surface area contributed by atoms with Gasteiger partial charge in [0.2, 0.25) is 0 Å². The van der Waals surface area contributed by atoms with Crippen molar-refractivity contribution >= 4 is 11.6 Å². The van der Waals surface area contributed by atoms with Gasteiger partial charge in [-0.3, -0.25) is 9.59 Å². The van der Waals surface area contributed by atoms with Gasteiger partial charge in [-0.05, 0) is 55.0 Å². The Labute approximate surface area is 175 Å². The van der Waals surface area contributed by atoms with E-state index >= 15 is 0 Å². The summed E-state index contributed by atoms with van der Waals surface area (Å²) in [6, 6.07) is 14.7. The van der Waals surface area contributed by atoms with E-state index < -0.39 is 0 Å². The van der Waals surface area contributed by atoms with Crippen LogP contribution in [0.5, 0.6) is 5.75 Å². The van der Waals surface area contributed by atoms with Crippen molar-refractivity contribution in [2.75, 3.05) is 0 Å². The molecule has 0 N–H and O–H groups in total. The maximum Gasteiger partial charge on any atom is 0.170 e. The molecule has 1 unspecified atom stereocenters. The Bertz CT molecular complexity index is 773. The highest BCUT2D eigenvalue weighted by molar-refractivity contribution is 6.13. The summed E-state index contributed by atoms with van der Waals surface area (Å²) in [5.74, 6) is 0.887. The van der Waals surface area contributed by atoms with E-state index in [-0.39, 0.29) is 24.1 Å². The highest BCUT2D eigenvalue weighted by Gasteiger charge is 2.15. The number of Topliss-reactive ketones (excluding diaryl/α,β-unsaturated/α-hetero) is 2. The predicted octanol–water partition coefficient (Wildman–Crippen LogP) is 7.00. The lowest BCUT2D eigenvalue weighted by Crippen LogP contribution is -2.15. The molecule has 0 saturated heterocycles. The molecule has 0 bridgehead atoms. The van der Waals surface area contributed by atoms with Crippen molar-refractivity contribution in [2.45, 2.75) is 78.2 Å². The molecule has 0 saturated carbocycles. The normalized spacial score (nSPS) is 12.0. The smallest absolute Gasteiger partial charge is 0.170 e. The van der Waals surface area contributed by atoms with Crippen molar-refractivity contribution in [1.82, 2.24) is 0 Å². The molecule has 1 atom stereocenters. The molecule has 0 aliphatic rings. The van der Waals surface area contributed by atoms with Crippen LogP contribution >= 0.6 is 0 Å². The summed E-state index contributed by atoms with van der Waals surface area (Å²) >= 11 is 0. The third-order valence-electron chi connectivity index (χ3n) is 5.28. The van der Waals surface area contributed by atoms with Crippen LogP contribution in [0.3, 0.4) is 0 Å². The molecular weight excluding hydrogens is 360 g/mol. The molecule has 0 aliphatic heterocycles. The van der Waals surface area contributed by atoms with Gasteiger partial charge in [0.1, 0.15) is 5.75 Å². The summed E-state index contributed by atoms with van der Waals surface area (Å²) in [7, 11) is 0. The highest BCUT2D eigenvalue weighted by atomic mass is 16.5. The molecule has 2 rings (SSSR count). The van der Waals surface area contributed by atoms with Crippen LogP contribution in [0.2, 0.25) is 0 Å². The molecule has 0 radical (unpaired) electrons. The first-order chi connectivity index (χ1) is 13.9. The van der Waals surface area contributed by atoms with E-state index in [0.29, 0.717) is 17.0 Å². The molecule has 156 valence electrons. The van der Waals surface area contributed by atoms with Gasteiger partial charge in [-0.2, -0.15) is 0 Å². The summed E-state index contributed by atoms with van der Waals surface area (Å²) in [5, 5.41) is 0. The molecule has 0 spiro atoms. The molecule has 2 aromatic rings. The van der Waals surface area contributed by atoms with E-state index in [2.05, 4.69) is 27.7 Å². The van der Waals surface area contributed by atoms with Gasteiger partial charge in [0.25, 0.3) is 0 Å².